The fourth-order valence-electron chi connectivity index (χ4n) is 2.48. The molecule has 2 atom stereocenters. The van der Waals surface area contributed by atoms with Crippen molar-refractivity contribution >= 4 is 11.6 Å². The van der Waals surface area contributed by atoms with Gasteiger partial charge < -0.3 is 5.32 Å². The monoisotopic (exact) mass is 281 g/mol. The first-order valence-electron chi connectivity index (χ1n) is 7.63. The van der Waals surface area contributed by atoms with Crippen molar-refractivity contribution in [1.29, 1.82) is 0 Å². The van der Waals surface area contributed by atoms with Gasteiger partial charge in [-0.3, -0.25) is 4.79 Å². The molecule has 1 saturated carbocycles. The number of carbonyl (C=O) groups excluding carboxylic acids is 1. The lowest BCUT2D eigenvalue weighted by Crippen LogP contribution is -2.27. The smallest absolute Gasteiger partial charge is 0.227 e. The highest BCUT2D eigenvalue weighted by atomic mass is 19.1. The number of rotatable bonds is 2. The van der Waals surface area contributed by atoms with E-state index in [2.05, 4.69) is 26.1 Å². The molecule has 1 aromatic carbocycles. The summed E-state index contributed by atoms with van der Waals surface area (Å²) in [4.78, 5) is 12.0. The molecule has 1 amide bonds. The molecule has 0 heterocycles. The van der Waals surface area contributed by atoms with Crippen LogP contribution in [-0.2, 0) is 4.79 Å². The minimum Gasteiger partial charge on any atom is -0.326 e. The highest BCUT2D eigenvalue weighted by molar-refractivity contribution is 5.92. The lowest BCUT2D eigenvalue weighted by Gasteiger charge is -2.25. The van der Waals surface area contributed by atoms with E-state index in [-0.39, 0.29) is 19.1 Å². The molecule has 2 rings (SSSR count). The fraction of sp³-hybridized carbons (Fsp3) is 0.588. The van der Waals surface area contributed by atoms with Crippen LogP contribution in [0.3, 0.4) is 0 Å². The van der Waals surface area contributed by atoms with Gasteiger partial charge in [-0.15, -0.1) is 0 Å². The highest BCUT2D eigenvalue weighted by Gasteiger charge is 2.24. The van der Waals surface area contributed by atoms with Crippen molar-refractivity contribution < 1.29 is 10.6 Å². The highest BCUT2D eigenvalue weighted by Crippen LogP contribution is 2.29. The van der Waals surface area contributed by atoms with Crippen LogP contribution in [-0.4, -0.2) is 5.91 Å². The summed E-state index contributed by atoms with van der Waals surface area (Å²) >= 11 is 0. The van der Waals surface area contributed by atoms with Crippen molar-refractivity contribution in [1.82, 2.24) is 0 Å². The number of nitrogens with one attached hydrogen (secondary N) is 1. The summed E-state index contributed by atoms with van der Waals surface area (Å²) in [7, 11) is 0. The van der Waals surface area contributed by atoms with E-state index in [0.29, 0.717) is 11.6 Å². The summed E-state index contributed by atoms with van der Waals surface area (Å²) in [5, 5.41) is 2.79. The Hall–Kier alpha value is -1.38. The second kappa shape index (κ2) is 8.72. The summed E-state index contributed by atoms with van der Waals surface area (Å²) in [5.74, 6) is 0.413. The molecule has 20 heavy (non-hydrogen) atoms. The summed E-state index contributed by atoms with van der Waals surface area (Å²) < 4.78 is 13.0. The summed E-state index contributed by atoms with van der Waals surface area (Å²) in [6.45, 7) is 6.43. The quantitative estimate of drug-likeness (QED) is 0.787. The van der Waals surface area contributed by atoms with E-state index in [1.54, 1.807) is 12.1 Å². The van der Waals surface area contributed by atoms with Crippen LogP contribution < -0.4 is 5.32 Å². The van der Waals surface area contributed by atoms with Crippen molar-refractivity contribution in [3.63, 3.8) is 0 Å². The topological polar surface area (TPSA) is 29.1 Å². The second-order valence-electron chi connectivity index (χ2n) is 5.68. The first-order valence-corrected chi connectivity index (χ1v) is 7.63. The lowest BCUT2D eigenvalue weighted by atomic mass is 9.82. The molecule has 114 valence electrons. The SMILES string of the molecule is CCC.C[C@@H]1CCC[C@H](C(=O)Nc2cccc(F)c2)C1.[HH]. The van der Waals surface area contributed by atoms with Crippen LogP contribution in [0, 0.1) is 17.7 Å². The van der Waals surface area contributed by atoms with Gasteiger partial charge in [0.2, 0.25) is 5.91 Å². The molecule has 1 aliphatic rings. The molecule has 0 spiro atoms. The average molecular weight is 281 g/mol. The number of hydrogen-bond acceptors (Lipinski definition) is 1. The van der Waals surface area contributed by atoms with Gasteiger partial charge in [-0.2, -0.15) is 0 Å². The van der Waals surface area contributed by atoms with Gasteiger partial charge in [0.15, 0.2) is 0 Å². The van der Waals surface area contributed by atoms with E-state index in [4.69, 9.17) is 0 Å². The lowest BCUT2D eigenvalue weighted by molar-refractivity contribution is -0.121. The van der Waals surface area contributed by atoms with Crippen LogP contribution in [0.5, 0.6) is 0 Å². The summed E-state index contributed by atoms with van der Waals surface area (Å²) in [6, 6.07) is 6.05. The van der Waals surface area contributed by atoms with Crippen molar-refractivity contribution in [3.8, 4) is 0 Å². The molecule has 0 radical (unpaired) electrons. The number of hydrogen-bond donors (Lipinski definition) is 1. The van der Waals surface area contributed by atoms with Crippen molar-refractivity contribution in [2.75, 3.05) is 5.32 Å². The molecule has 0 saturated heterocycles. The maximum absolute atomic E-state index is 13.0. The fourth-order valence-corrected chi connectivity index (χ4v) is 2.48. The van der Waals surface area contributed by atoms with Crippen LogP contribution in [0.4, 0.5) is 10.1 Å². The maximum Gasteiger partial charge on any atom is 0.227 e. The molecule has 0 bridgehead atoms. The number of carbonyl (C=O) groups is 1. The van der Waals surface area contributed by atoms with Gasteiger partial charge in [0, 0.05) is 13.0 Å². The molecule has 3 heteroatoms. The van der Waals surface area contributed by atoms with Crippen LogP contribution in [0.2, 0.25) is 0 Å². The zero-order chi connectivity index (χ0) is 15.0. The Morgan fingerprint density at radius 1 is 1.40 bits per heavy atom. The Labute approximate surface area is 123 Å². The van der Waals surface area contributed by atoms with Crippen LogP contribution >= 0.6 is 0 Å². The van der Waals surface area contributed by atoms with Crippen LogP contribution in [0.25, 0.3) is 0 Å². The molecule has 0 aromatic heterocycles. The number of amides is 1. The number of halogens is 1. The molecule has 1 fully saturated rings. The van der Waals surface area contributed by atoms with Gasteiger partial charge in [-0.1, -0.05) is 46.1 Å². The van der Waals surface area contributed by atoms with E-state index < -0.39 is 0 Å². The van der Waals surface area contributed by atoms with Crippen molar-refractivity contribution in [2.24, 2.45) is 11.8 Å². The zero-order valence-electron chi connectivity index (χ0n) is 12.8. The maximum atomic E-state index is 13.0. The number of anilines is 1. The molecule has 1 N–H and O–H groups in total. The normalized spacial score (nSPS) is 21.6. The minimum atomic E-state index is -0.320. The largest absolute Gasteiger partial charge is 0.326 e. The molecule has 0 aliphatic heterocycles. The van der Waals surface area contributed by atoms with Gasteiger partial charge in [0.25, 0.3) is 0 Å². The Bertz CT molecular complexity index is 425. The Kier molecular flexibility index (Phi) is 7.27. The first kappa shape index (κ1) is 16.7. The molecular weight excluding hydrogens is 253 g/mol. The predicted molar refractivity (Wildman–Crippen MR) is 84.2 cm³/mol. The van der Waals surface area contributed by atoms with E-state index in [1.807, 2.05) is 0 Å². The van der Waals surface area contributed by atoms with E-state index in [9.17, 15) is 9.18 Å². The van der Waals surface area contributed by atoms with Gasteiger partial charge in [-0.25, -0.2) is 4.39 Å². The van der Waals surface area contributed by atoms with E-state index in [0.717, 1.165) is 19.3 Å². The molecule has 2 nitrogen and oxygen atoms in total. The Balaban J connectivity index is 0.000000922. The average Bonchev–Trinajstić information content (AvgIpc) is 2.39. The predicted octanol–water partition coefficient (Wildman–Crippen LogP) is 5.25. The van der Waals surface area contributed by atoms with Gasteiger partial charge in [0.1, 0.15) is 5.82 Å². The van der Waals surface area contributed by atoms with Crippen molar-refractivity contribution in [3.05, 3.63) is 30.1 Å². The third-order valence-corrected chi connectivity index (χ3v) is 3.40. The third kappa shape index (κ3) is 5.72. The third-order valence-electron chi connectivity index (χ3n) is 3.40. The Morgan fingerprint density at radius 3 is 2.70 bits per heavy atom. The Morgan fingerprint density at radius 2 is 2.10 bits per heavy atom. The summed E-state index contributed by atoms with van der Waals surface area (Å²) in [6.07, 6.45) is 5.47. The van der Waals surface area contributed by atoms with E-state index >= 15 is 0 Å². The van der Waals surface area contributed by atoms with Crippen molar-refractivity contribution in [2.45, 2.75) is 52.9 Å². The number of benzene rings is 1. The molecule has 1 aliphatic carbocycles. The van der Waals surface area contributed by atoms with Crippen LogP contribution in [0.15, 0.2) is 24.3 Å². The van der Waals surface area contributed by atoms with Gasteiger partial charge in [-0.05, 0) is 37.0 Å². The second-order valence-corrected chi connectivity index (χ2v) is 5.68. The van der Waals surface area contributed by atoms with E-state index in [1.165, 1.54) is 25.0 Å². The zero-order valence-corrected chi connectivity index (χ0v) is 12.8. The van der Waals surface area contributed by atoms with Gasteiger partial charge >= 0.3 is 0 Å². The molecule has 1 aromatic rings. The standard InChI is InChI=1S/C14H18FNO.C3H8.H2/c1-10-4-2-5-11(8-10)14(17)16-13-7-3-6-12(15)9-13;1-3-2;/h3,6-7,9-11H,2,4-5,8H2,1H3,(H,16,17);3H2,1-2H3;1H/t10-,11+;;/m1../s1. The van der Waals surface area contributed by atoms with Crippen LogP contribution in [0.1, 0.15) is 54.3 Å². The minimum absolute atomic E-state index is 0. The van der Waals surface area contributed by atoms with Gasteiger partial charge in [0.05, 0.1) is 0 Å². The molecular formula is C17H28FNO. The summed E-state index contributed by atoms with van der Waals surface area (Å²) in [5.41, 5.74) is 0.549. The molecule has 0 unspecified atom stereocenters. The first-order chi connectivity index (χ1) is 9.56.